The van der Waals surface area contributed by atoms with Crippen molar-refractivity contribution in [2.75, 3.05) is 13.2 Å². The van der Waals surface area contributed by atoms with Crippen molar-refractivity contribution in [1.82, 2.24) is 5.32 Å². The average molecular weight is 201 g/mol. The highest BCUT2D eigenvalue weighted by Gasteiger charge is 2.23. The summed E-state index contributed by atoms with van der Waals surface area (Å²) in [4.78, 5) is 0. The Hall–Kier alpha value is -0.120. The molecule has 0 bridgehead atoms. The molecule has 3 nitrogen and oxygen atoms in total. The third-order valence-electron chi connectivity index (χ3n) is 2.97. The molecule has 3 heteroatoms. The predicted molar refractivity (Wildman–Crippen MR) is 57.2 cm³/mol. The summed E-state index contributed by atoms with van der Waals surface area (Å²) in [6.07, 6.45) is 7.49. The van der Waals surface area contributed by atoms with E-state index < -0.39 is 0 Å². The van der Waals surface area contributed by atoms with Crippen LogP contribution < -0.4 is 5.32 Å². The topological polar surface area (TPSA) is 52.5 Å². The van der Waals surface area contributed by atoms with Gasteiger partial charge in [-0.15, -0.1) is 0 Å². The maximum absolute atomic E-state index is 9.53. The maximum atomic E-state index is 9.53. The summed E-state index contributed by atoms with van der Waals surface area (Å²) in [5.74, 6) is 0. The summed E-state index contributed by atoms with van der Waals surface area (Å²) in [5, 5.41) is 21.5. The minimum absolute atomic E-state index is 0.118. The van der Waals surface area contributed by atoms with Gasteiger partial charge in [-0.25, -0.2) is 0 Å². The Kier molecular flexibility index (Phi) is 6.15. The van der Waals surface area contributed by atoms with Crippen LogP contribution in [0.1, 0.15) is 44.9 Å². The first-order valence-electron chi connectivity index (χ1n) is 5.87. The van der Waals surface area contributed by atoms with Crippen LogP contribution in [0.5, 0.6) is 0 Å². The van der Waals surface area contributed by atoms with Crippen LogP contribution in [0.15, 0.2) is 0 Å². The molecule has 0 aromatic rings. The Bertz CT molecular complexity index is 141. The molecule has 2 unspecified atom stereocenters. The Morgan fingerprint density at radius 2 is 1.86 bits per heavy atom. The first-order chi connectivity index (χ1) is 6.84. The average Bonchev–Trinajstić information content (AvgIpc) is 2.58. The highest BCUT2D eigenvalue weighted by atomic mass is 16.3. The third kappa shape index (κ3) is 4.40. The molecule has 84 valence electrons. The van der Waals surface area contributed by atoms with Crippen LogP contribution in [0.2, 0.25) is 0 Å². The molecule has 1 aliphatic rings. The van der Waals surface area contributed by atoms with E-state index in [9.17, 15) is 5.11 Å². The number of aliphatic hydroxyl groups excluding tert-OH is 2. The van der Waals surface area contributed by atoms with Gasteiger partial charge in [0.25, 0.3) is 0 Å². The van der Waals surface area contributed by atoms with E-state index in [1.54, 1.807) is 0 Å². The van der Waals surface area contributed by atoms with Crippen molar-refractivity contribution in [1.29, 1.82) is 0 Å². The maximum Gasteiger partial charge on any atom is 0.0693 e. The Morgan fingerprint density at radius 3 is 2.50 bits per heavy atom. The molecule has 0 aromatic carbocycles. The molecule has 1 saturated carbocycles. The van der Waals surface area contributed by atoms with Crippen molar-refractivity contribution in [3.05, 3.63) is 0 Å². The van der Waals surface area contributed by atoms with Gasteiger partial charge in [0.2, 0.25) is 0 Å². The van der Waals surface area contributed by atoms with E-state index in [4.69, 9.17) is 5.11 Å². The molecule has 1 fully saturated rings. The van der Waals surface area contributed by atoms with Crippen molar-refractivity contribution in [3.8, 4) is 0 Å². The second kappa shape index (κ2) is 7.21. The molecular weight excluding hydrogens is 178 g/mol. The summed E-state index contributed by atoms with van der Waals surface area (Å²) >= 11 is 0. The summed E-state index contributed by atoms with van der Waals surface area (Å²) in [6.45, 7) is 1.32. The van der Waals surface area contributed by atoms with Crippen LogP contribution >= 0.6 is 0 Å². The van der Waals surface area contributed by atoms with E-state index in [0.29, 0.717) is 12.6 Å². The Morgan fingerprint density at radius 1 is 1.07 bits per heavy atom. The van der Waals surface area contributed by atoms with Gasteiger partial charge in [-0.3, -0.25) is 0 Å². The lowest BCUT2D eigenvalue weighted by molar-refractivity contribution is 0.149. The van der Waals surface area contributed by atoms with E-state index in [1.807, 2.05) is 0 Å². The zero-order valence-electron chi connectivity index (χ0n) is 8.91. The quantitative estimate of drug-likeness (QED) is 0.539. The molecule has 0 saturated heterocycles. The van der Waals surface area contributed by atoms with Gasteiger partial charge in [-0.2, -0.15) is 0 Å². The zero-order valence-corrected chi connectivity index (χ0v) is 8.91. The van der Waals surface area contributed by atoms with E-state index in [1.165, 1.54) is 6.42 Å². The van der Waals surface area contributed by atoms with Crippen LogP contribution in [-0.2, 0) is 0 Å². The third-order valence-corrected chi connectivity index (χ3v) is 2.97. The van der Waals surface area contributed by atoms with Gasteiger partial charge in [0, 0.05) is 12.6 Å². The minimum Gasteiger partial charge on any atom is -0.396 e. The summed E-state index contributed by atoms with van der Waals surface area (Å²) in [7, 11) is 0. The SMILES string of the molecule is OCCCCCCNC1CCCC1O. The van der Waals surface area contributed by atoms with Crippen LogP contribution in [-0.4, -0.2) is 35.5 Å². The zero-order chi connectivity index (χ0) is 10.2. The fraction of sp³-hybridized carbons (Fsp3) is 1.00. The highest BCUT2D eigenvalue weighted by Crippen LogP contribution is 2.18. The van der Waals surface area contributed by atoms with Crippen molar-refractivity contribution in [3.63, 3.8) is 0 Å². The molecule has 0 radical (unpaired) electrons. The van der Waals surface area contributed by atoms with Gasteiger partial charge in [0.1, 0.15) is 0 Å². The van der Waals surface area contributed by atoms with Gasteiger partial charge < -0.3 is 15.5 Å². The number of nitrogens with one attached hydrogen (secondary N) is 1. The van der Waals surface area contributed by atoms with E-state index in [-0.39, 0.29) is 6.10 Å². The lowest BCUT2D eigenvalue weighted by Gasteiger charge is -2.15. The van der Waals surface area contributed by atoms with Gasteiger partial charge >= 0.3 is 0 Å². The Labute approximate surface area is 86.5 Å². The van der Waals surface area contributed by atoms with Gasteiger partial charge in [-0.1, -0.05) is 12.8 Å². The lowest BCUT2D eigenvalue weighted by atomic mass is 10.1. The smallest absolute Gasteiger partial charge is 0.0693 e. The molecule has 0 aliphatic heterocycles. The summed E-state index contributed by atoms with van der Waals surface area (Å²) < 4.78 is 0. The first-order valence-corrected chi connectivity index (χ1v) is 5.87. The molecule has 1 aliphatic carbocycles. The van der Waals surface area contributed by atoms with E-state index in [2.05, 4.69) is 5.32 Å². The molecule has 0 heterocycles. The van der Waals surface area contributed by atoms with E-state index in [0.717, 1.165) is 45.1 Å². The predicted octanol–water partition coefficient (Wildman–Crippen LogP) is 1.04. The minimum atomic E-state index is -0.118. The summed E-state index contributed by atoms with van der Waals surface area (Å²) in [6, 6.07) is 0.341. The Balaban J connectivity index is 1.88. The normalized spacial score (nSPS) is 27.0. The molecule has 3 N–H and O–H groups in total. The molecule has 2 atom stereocenters. The second-order valence-corrected chi connectivity index (χ2v) is 4.20. The van der Waals surface area contributed by atoms with Crippen molar-refractivity contribution in [2.24, 2.45) is 0 Å². The molecular formula is C11H23NO2. The van der Waals surface area contributed by atoms with Crippen LogP contribution in [0.25, 0.3) is 0 Å². The molecule has 0 spiro atoms. The first kappa shape index (κ1) is 12.0. The van der Waals surface area contributed by atoms with Gasteiger partial charge in [0.15, 0.2) is 0 Å². The largest absolute Gasteiger partial charge is 0.396 e. The second-order valence-electron chi connectivity index (χ2n) is 4.20. The molecule has 1 rings (SSSR count). The summed E-state index contributed by atoms with van der Waals surface area (Å²) in [5.41, 5.74) is 0. The number of unbranched alkanes of at least 4 members (excludes halogenated alkanes) is 3. The molecule has 0 aromatic heterocycles. The fourth-order valence-corrected chi connectivity index (χ4v) is 2.06. The monoisotopic (exact) mass is 201 g/mol. The molecule has 0 amide bonds. The number of aliphatic hydroxyl groups is 2. The number of hydrogen-bond acceptors (Lipinski definition) is 3. The molecule has 14 heavy (non-hydrogen) atoms. The van der Waals surface area contributed by atoms with Gasteiger partial charge in [0.05, 0.1) is 6.10 Å². The van der Waals surface area contributed by atoms with Crippen LogP contribution in [0.3, 0.4) is 0 Å². The highest BCUT2D eigenvalue weighted by molar-refractivity contribution is 4.82. The van der Waals surface area contributed by atoms with Crippen molar-refractivity contribution in [2.45, 2.75) is 57.1 Å². The van der Waals surface area contributed by atoms with E-state index >= 15 is 0 Å². The van der Waals surface area contributed by atoms with Crippen LogP contribution in [0.4, 0.5) is 0 Å². The van der Waals surface area contributed by atoms with Crippen LogP contribution in [0, 0.1) is 0 Å². The standard InChI is InChI=1S/C11H23NO2/c13-9-4-2-1-3-8-12-10-6-5-7-11(10)14/h10-14H,1-9H2. The number of rotatable bonds is 7. The fourth-order valence-electron chi connectivity index (χ4n) is 2.06. The number of hydrogen-bond donors (Lipinski definition) is 3. The van der Waals surface area contributed by atoms with Crippen molar-refractivity contribution < 1.29 is 10.2 Å². The lowest BCUT2D eigenvalue weighted by Crippen LogP contribution is -2.36. The van der Waals surface area contributed by atoms with Crippen molar-refractivity contribution >= 4 is 0 Å². The van der Waals surface area contributed by atoms with Gasteiger partial charge in [-0.05, 0) is 38.6 Å².